The fourth-order valence-electron chi connectivity index (χ4n) is 9.80. The van der Waals surface area contributed by atoms with Crippen LogP contribution in [0.25, 0.3) is 0 Å². The average Bonchev–Trinajstić information content (AvgIpc) is 3.05. The van der Waals surface area contributed by atoms with Gasteiger partial charge in [0.25, 0.3) is 0 Å². The molecule has 4 aliphatic carbocycles. The van der Waals surface area contributed by atoms with Gasteiger partial charge in [0.05, 0.1) is 18.3 Å². The molecule has 1 saturated heterocycles. The standard InChI is InChI=1S/C27H45NO3/c1-16-14-28(15-17(2)31-16)24-13-27(5)19(12-25(24)30)6-7-20-22-9-8-21(18(3)29)26(22,4)11-10-23(20)27/h16-17,19-25,30H,6-15H2,1-5H3/t16-,17+,19-,20-,21+,22-,23-,24-,25-,26+,27-/m0/s1. The van der Waals surface area contributed by atoms with Crippen LogP contribution in [0, 0.1) is 40.4 Å². The van der Waals surface area contributed by atoms with Gasteiger partial charge >= 0.3 is 0 Å². The van der Waals surface area contributed by atoms with Gasteiger partial charge in [-0.2, -0.15) is 0 Å². The minimum absolute atomic E-state index is 0.199. The predicted molar refractivity (Wildman–Crippen MR) is 123 cm³/mol. The van der Waals surface area contributed by atoms with Crippen molar-refractivity contribution in [3.05, 3.63) is 0 Å². The Bertz CT molecular complexity index is 701. The van der Waals surface area contributed by atoms with Crippen molar-refractivity contribution < 1.29 is 14.6 Å². The Morgan fingerprint density at radius 2 is 1.65 bits per heavy atom. The van der Waals surface area contributed by atoms with Crippen molar-refractivity contribution in [1.29, 1.82) is 0 Å². The molecule has 0 aromatic rings. The van der Waals surface area contributed by atoms with Crippen LogP contribution in [0.1, 0.15) is 86.0 Å². The van der Waals surface area contributed by atoms with E-state index in [9.17, 15) is 9.90 Å². The number of ketones is 1. The summed E-state index contributed by atoms with van der Waals surface area (Å²) in [6.45, 7) is 13.1. The molecule has 4 nitrogen and oxygen atoms in total. The number of rotatable bonds is 2. The second-order valence-electron chi connectivity index (χ2n) is 12.7. The number of aliphatic hydroxyl groups excluding tert-OH is 1. The lowest BCUT2D eigenvalue weighted by atomic mass is 9.44. The summed E-state index contributed by atoms with van der Waals surface area (Å²) in [5.74, 6) is 3.65. The van der Waals surface area contributed by atoms with Crippen LogP contribution in [0.15, 0.2) is 0 Å². The highest BCUT2D eigenvalue weighted by Gasteiger charge is 2.62. The maximum absolute atomic E-state index is 12.4. The Hall–Kier alpha value is -0.450. The Morgan fingerprint density at radius 3 is 2.32 bits per heavy atom. The first kappa shape index (κ1) is 22.3. The Morgan fingerprint density at radius 1 is 0.968 bits per heavy atom. The topological polar surface area (TPSA) is 49.8 Å². The third kappa shape index (κ3) is 3.46. The molecule has 5 fully saturated rings. The summed E-state index contributed by atoms with van der Waals surface area (Å²) in [4.78, 5) is 15.0. The molecule has 4 saturated carbocycles. The van der Waals surface area contributed by atoms with Crippen molar-refractivity contribution in [3.8, 4) is 0 Å². The van der Waals surface area contributed by atoms with Gasteiger partial charge in [-0.25, -0.2) is 0 Å². The van der Waals surface area contributed by atoms with Crippen molar-refractivity contribution >= 4 is 5.78 Å². The van der Waals surface area contributed by atoms with Crippen LogP contribution in [0.3, 0.4) is 0 Å². The van der Waals surface area contributed by atoms with E-state index in [0.29, 0.717) is 23.0 Å². The number of carbonyl (C=O) groups is 1. The van der Waals surface area contributed by atoms with E-state index in [1.165, 1.54) is 32.1 Å². The molecule has 5 aliphatic rings. The Balaban J connectivity index is 1.39. The van der Waals surface area contributed by atoms with Crippen molar-refractivity contribution in [3.63, 3.8) is 0 Å². The molecule has 176 valence electrons. The van der Waals surface area contributed by atoms with Crippen LogP contribution >= 0.6 is 0 Å². The molecule has 0 radical (unpaired) electrons. The SMILES string of the molecule is CC(=O)[C@H]1CC[C@H]2[C@@H]3CC[C@H]4C[C@H](O)[C@@H](N5C[C@@H](C)O[C@@H](C)C5)C[C@]4(C)[C@H]3CC[C@]12C. The van der Waals surface area contributed by atoms with Crippen LogP contribution in [-0.4, -0.2) is 53.2 Å². The predicted octanol–water partition coefficient (Wildman–Crippen LogP) is 4.68. The Kier molecular flexibility index (Phi) is 5.63. The third-order valence-corrected chi connectivity index (χ3v) is 11.1. The zero-order valence-electron chi connectivity index (χ0n) is 20.5. The smallest absolute Gasteiger partial charge is 0.133 e. The van der Waals surface area contributed by atoms with Crippen LogP contribution < -0.4 is 0 Å². The number of hydrogen-bond acceptors (Lipinski definition) is 4. The van der Waals surface area contributed by atoms with Gasteiger partial charge in [-0.15, -0.1) is 0 Å². The van der Waals surface area contributed by atoms with Gasteiger partial charge in [0, 0.05) is 25.0 Å². The normalized spacial score (nSPS) is 55.2. The monoisotopic (exact) mass is 431 g/mol. The molecule has 0 aromatic carbocycles. The number of ether oxygens (including phenoxy) is 1. The van der Waals surface area contributed by atoms with Crippen LogP contribution in [0.5, 0.6) is 0 Å². The first-order valence-corrected chi connectivity index (χ1v) is 13.2. The molecule has 1 heterocycles. The molecule has 0 bridgehead atoms. The van der Waals surface area contributed by atoms with Crippen molar-refractivity contribution in [2.24, 2.45) is 40.4 Å². The van der Waals surface area contributed by atoms with Gasteiger partial charge in [-0.05, 0) is 107 Å². The summed E-state index contributed by atoms with van der Waals surface area (Å²) in [5, 5.41) is 11.2. The highest BCUT2D eigenvalue weighted by atomic mass is 16.5. The largest absolute Gasteiger partial charge is 0.391 e. The second kappa shape index (κ2) is 7.81. The average molecular weight is 432 g/mol. The number of fused-ring (bicyclic) bond motifs is 5. The molecule has 5 rings (SSSR count). The third-order valence-electron chi connectivity index (χ3n) is 11.1. The van der Waals surface area contributed by atoms with Gasteiger partial charge in [-0.1, -0.05) is 13.8 Å². The van der Waals surface area contributed by atoms with Gasteiger partial charge < -0.3 is 9.84 Å². The number of Topliss-reactive ketones (excluding diaryl/α,β-unsaturated/α-hetero) is 1. The fraction of sp³-hybridized carbons (Fsp3) is 0.963. The summed E-state index contributed by atoms with van der Waals surface area (Å²) < 4.78 is 6.00. The fourth-order valence-corrected chi connectivity index (χ4v) is 9.80. The minimum Gasteiger partial charge on any atom is -0.391 e. The highest BCUT2D eigenvalue weighted by molar-refractivity contribution is 5.79. The number of morpholine rings is 1. The molecule has 1 N–H and O–H groups in total. The molecule has 4 heteroatoms. The molecule has 0 unspecified atom stereocenters. The Labute approximate surface area is 189 Å². The summed E-state index contributed by atoms with van der Waals surface area (Å²) in [5.41, 5.74) is 0.562. The lowest BCUT2D eigenvalue weighted by Crippen LogP contribution is -2.62. The maximum Gasteiger partial charge on any atom is 0.133 e. The number of nitrogens with zero attached hydrogens (tertiary/aromatic N) is 1. The second-order valence-corrected chi connectivity index (χ2v) is 12.7. The molecular weight excluding hydrogens is 386 g/mol. The van der Waals surface area contributed by atoms with Crippen molar-refractivity contribution in [1.82, 2.24) is 4.90 Å². The van der Waals surface area contributed by atoms with E-state index in [-0.39, 0.29) is 29.8 Å². The summed E-state index contributed by atoms with van der Waals surface area (Å²) in [6.07, 6.45) is 9.88. The van der Waals surface area contributed by atoms with Crippen molar-refractivity contribution in [2.45, 2.75) is 110 Å². The van der Waals surface area contributed by atoms with Crippen molar-refractivity contribution in [2.75, 3.05) is 13.1 Å². The zero-order valence-corrected chi connectivity index (χ0v) is 20.5. The quantitative estimate of drug-likeness (QED) is 0.689. The lowest BCUT2D eigenvalue weighted by Gasteiger charge is -2.62. The minimum atomic E-state index is -0.199. The zero-order chi connectivity index (χ0) is 22.1. The summed E-state index contributed by atoms with van der Waals surface area (Å²) in [7, 11) is 0. The number of aliphatic hydroxyl groups is 1. The molecule has 0 aromatic heterocycles. The lowest BCUT2D eigenvalue weighted by molar-refractivity contribution is -0.166. The van der Waals surface area contributed by atoms with E-state index >= 15 is 0 Å². The van der Waals surface area contributed by atoms with Gasteiger partial charge in [0.15, 0.2) is 0 Å². The molecule has 31 heavy (non-hydrogen) atoms. The van der Waals surface area contributed by atoms with E-state index in [2.05, 4.69) is 32.6 Å². The van der Waals surface area contributed by atoms with Gasteiger partial charge in [0.1, 0.15) is 5.78 Å². The van der Waals surface area contributed by atoms with Gasteiger partial charge in [0.2, 0.25) is 0 Å². The van der Waals surface area contributed by atoms with Gasteiger partial charge in [-0.3, -0.25) is 9.69 Å². The van der Waals surface area contributed by atoms with Crippen LogP contribution in [0.4, 0.5) is 0 Å². The molecule has 0 spiro atoms. The van der Waals surface area contributed by atoms with E-state index in [1.807, 2.05) is 6.92 Å². The first-order chi connectivity index (χ1) is 14.6. The van der Waals surface area contributed by atoms with Crippen LogP contribution in [0.2, 0.25) is 0 Å². The highest BCUT2D eigenvalue weighted by Crippen LogP contribution is 2.67. The maximum atomic E-state index is 12.4. The summed E-state index contributed by atoms with van der Waals surface area (Å²) >= 11 is 0. The molecule has 1 aliphatic heterocycles. The van der Waals surface area contributed by atoms with E-state index in [1.54, 1.807) is 0 Å². The first-order valence-electron chi connectivity index (χ1n) is 13.2. The van der Waals surface area contributed by atoms with E-state index < -0.39 is 0 Å². The van der Waals surface area contributed by atoms with Crippen LogP contribution in [-0.2, 0) is 9.53 Å². The molecule has 11 atom stereocenters. The van der Waals surface area contributed by atoms with E-state index in [0.717, 1.165) is 50.1 Å². The molecule has 0 amide bonds. The number of hydrogen-bond donors (Lipinski definition) is 1. The van der Waals surface area contributed by atoms with E-state index in [4.69, 9.17) is 4.74 Å². The number of carbonyl (C=O) groups excluding carboxylic acids is 1. The summed E-state index contributed by atoms with van der Waals surface area (Å²) in [6, 6.07) is 0.274. The molecular formula is C27H45NO3.